The summed E-state index contributed by atoms with van der Waals surface area (Å²) in [6.45, 7) is 5.21. The highest BCUT2D eigenvalue weighted by Crippen LogP contribution is 2.13. The lowest BCUT2D eigenvalue weighted by Gasteiger charge is -2.21. The number of nitrogens with two attached hydrogens (primary N) is 1. The molecule has 1 amide bonds. The minimum atomic E-state index is -0.391. The van der Waals surface area contributed by atoms with E-state index in [-0.39, 0.29) is 5.91 Å². The number of likely N-dealkylation sites (N-methyl/N-ethyl adjacent to an activating group) is 1. The number of hydrogen-bond acceptors (Lipinski definition) is 3. The second-order valence-electron chi connectivity index (χ2n) is 4.67. The Morgan fingerprint density at radius 1 is 1.32 bits per heavy atom. The van der Waals surface area contributed by atoms with Gasteiger partial charge in [-0.25, -0.2) is 0 Å². The van der Waals surface area contributed by atoms with Crippen molar-refractivity contribution in [1.82, 2.24) is 4.90 Å². The highest BCUT2D eigenvalue weighted by molar-refractivity contribution is 5.81. The van der Waals surface area contributed by atoms with Gasteiger partial charge in [0.15, 0.2) is 0 Å². The van der Waals surface area contributed by atoms with E-state index in [2.05, 4.69) is 0 Å². The molecule has 0 fully saturated rings. The first kappa shape index (κ1) is 15.5. The third-order valence-corrected chi connectivity index (χ3v) is 2.95. The smallest absolute Gasteiger partial charge is 0.239 e. The summed E-state index contributed by atoms with van der Waals surface area (Å²) < 4.78 is 5.38. The van der Waals surface area contributed by atoms with Gasteiger partial charge in [0.25, 0.3) is 0 Å². The minimum Gasteiger partial charge on any atom is -0.494 e. The van der Waals surface area contributed by atoms with Crippen molar-refractivity contribution in [1.29, 1.82) is 0 Å². The van der Waals surface area contributed by atoms with E-state index in [1.165, 1.54) is 0 Å². The molecule has 0 spiro atoms. The third-order valence-electron chi connectivity index (χ3n) is 2.95. The van der Waals surface area contributed by atoms with E-state index in [9.17, 15) is 4.79 Å². The number of carbonyl (C=O) groups excluding carboxylic acids is 1. The van der Waals surface area contributed by atoms with Crippen molar-refractivity contribution in [3.63, 3.8) is 0 Å². The van der Waals surface area contributed by atoms with Crippen molar-refractivity contribution >= 4 is 5.91 Å². The summed E-state index contributed by atoms with van der Waals surface area (Å²) >= 11 is 0. The lowest BCUT2D eigenvalue weighted by Crippen LogP contribution is -2.41. The second-order valence-corrected chi connectivity index (χ2v) is 4.67. The first-order chi connectivity index (χ1) is 9.08. The van der Waals surface area contributed by atoms with Crippen molar-refractivity contribution in [3.8, 4) is 5.75 Å². The number of amides is 1. The zero-order chi connectivity index (χ0) is 14.3. The fourth-order valence-corrected chi connectivity index (χ4v) is 1.93. The van der Waals surface area contributed by atoms with E-state index >= 15 is 0 Å². The Morgan fingerprint density at radius 2 is 1.95 bits per heavy atom. The van der Waals surface area contributed by atoms with Crippen LogP contribution in [0.5, 0.6) is 5.75 Å². The molecule has 1 aromatic rings. The number of hydrogen-bond donors (Lipinski definition) is 1. The molecule has 4 nitrogen and oxygen atoms in total. The normalized spacial score (nSPS) is 12.0. The average molecular weight is 264 g/mol. The molecule has 4 heteroatoms. The number of carbonyl (C=O) groups is 1. The maximum atomic E-state index is 12.0. The molecule has 0 heterocycles. The van der Waals surface area contributed by atoms with Gasteiger partial charge in [-0.3, -0.25) is 4.79 Å². The molecule has 0 aromatic heterocycles. The monoisotopic (exact) mass is 264 g/mol. The van der Waals surface area contributed by atoms with Crippen molar-refractivity contribution < 1.29 is 9.53 Å². The Morgan fingerprint density at radius 3 is 2.47 bits per heavy atom. The maximum Gasteiger partial charge on any atom is 0.239 e. The summed E-state index contributed by atoms with van der Waals surface area (Å²) in [6.07, 6.45) is 1.65. The molecular formula is C15H24N2O2. The molecule has 106 valence electrons. The van der Waals surface area contributed by atoms with Gasteiger partial charge in [0.05, 0.1) is 12.6 Å². The van der Waals surface area contributed by atoms with Crippen LogP contribution in [0.15, 0.2) is 24.3 Å². The fourth-order valence-electron chi connectivity index (χ4n) is 1.93. The highest BCUT2D eigenvalue weighted by Gasteiger charge is 2.16. The topological polar surface area (TPSA) is 55.6 Å². The molecule has 2 N–H and O–H groups in total. The van der Waals surface area contributed by atoms with Crippen molar-refractivity contribution in [2.75, 3.05) is 13.7 Å². The predicted molar refractivity (Wildman–Crippen MR) is 77.0 cm³/mol. The van der Waals surface area contributed by atoms with Crippen molar-refractivity contribution in [3.05, 3.63) is 29.8 Å². The molecule has 0 saturated carbocycles. The largest absolute Gasteiger partial charge is 0.494 e. The molecule has 0 saturated heterocycles. The quantitative estimate of drug-likeness (QED) is 0.821. The molecular weight excluding hydrogens is 240 g/mol. The van der Waals surface area contributed by atoms with Gasteiger partial charge >= 0.3 is 0 Å². The van der Waals surface area contributed by atoms with Crippen LogP contribution in [-0.2, 0) is 11.3 Å². The van der Waals surface area contributed by atoms with Crippen LogP contribution < -0.4 is 10.5 Å². The minimum absolute atomic E-state index is 0.00395. The summed E-state index contributed by atoms with van der Waals surface area (Å²) in [6, 6.07) is 7.39. The Hall–Kier alpha value is -1.55. The first-order valence-electron chi connectivity index (χ1n) is 6.80. The summed E-state index contributed by atoms with van der Waals surface area (Å²) in [5, 5.41) is 0. The molecule has 0 bridgehead atoms. The van der Waals surface area contributed by atoms with Crippen LogP contribution >= 0.6 is 0 Å². The summed E-state index contributed by atoms with van der Waals surface area (Å²) in [5.74, 6) is 0.846. The van der Waals surface area contributed by atoms with E-state index in [4.69, 9.17) is 10.5 Å². The van der Waals surface area contributed by atoms with Crippen LogP contribution in [0.4, 0.5) is 0 Å². The molecule has 0 aliphatic heterocycles. The van der Waals surface area contributed by atoms with Gasteiger partial charge in [-0.15, -0.1) is 0 Å². The zero-order valence-electron chi connectivity index (χ0n) is 12.1. The van der Waals surface area contributed by atoms with E-state index in [0.717, 1.165) is 24.2 Å². The molecule has 0 radical (unpaired) electrons. The van der Waals surface area contributed by atoms with Crippen LogP contribution in [0.25, 0.3) is 0 Å². The van der Waals surface area contributed by atoms with Crippen LogP contribution in [0.1, 0.15) is 32.3 Å². The van der Waals surface area contributed by atoms with Crippen molar-refractivity contribution in [2.24, 2.45) is 5.73 Å². The average Bonchev–Trinajstić information content (AvgIpc) is 2.40. The number of nitrogens with zero attached hydrogens (tertiary/aromatic N) is 1. The van der Waals surface area contributed by atoms with Gasteiger partial charge in [-0.1, -0.05) is 25.5 Å². The highest BCUT2D eigenvalue weighted by atomic mass is 16.5. The summed E-state index contributed by atoms with van der Waals surface area (Å²) in [7, 11) is 1.79. The van der Waals surface area contributed by atoms with Gasteiger partial charge in [0.1, 0.15) is 5.75 Å². The number of rotatable bonds is 7. The Balaban J connectivity index is 2.56. The van der Waals surface area contributed by atoms with E-state index in [0.29, 0.717) is 13.2 Å². The van der Waals surface area contributed by atoms with Gasteiger partial charge in [0.2, 0.25) is 5.91 Å². The predicted octanol–water partition coefficient (Wildman–Crippen LogP) is 2.17. The van der Waals surface area contributed by atoms with Crippen LogP contribution in [0.2, 0.25) is 0 Å². The molecule has 1 aromatic carbocycles. The molecule has 1 atom stereocenters. The second kappa shape index (κ2) is 7.79. The van der Waals surface area contributed by atoms with E-state index in [1.54, 1.807) is 11.9 Å². The Bertz CT molecular complexity index is 390. The summed E-state index contributed by atoms with van der Waals surface area (Å²) in [5.41, 5.74) is 6.91. The lowest BCUT2D eigenvalue weighted by atomic mass is 10.1. The molecule has 0 unspecified atom stereocenters. The Labute approximate surface area is 115 Å². The van der Waals surface area contributed by atoms with E-state index < -0.39 is 6.04 Å². The molecule has 0 aliphatic carbocycles. The summed E-state index contributed by atoms with van der Waals surface area (Å²) in [4.78, 5) is 13.7. The van der Waals surface area contributed by atoms with Crippen LogP contribution in [0, 0.1) is 0 Å². The van der Waals surface area contributed by atoms with Gasteiger partial charge < -0.3 is 15.4 Å². The van der Waals surface area contributed by atoms with Gasteiger partial charge in [0, 0.05) is 13.6 Å². The van der Waals surface area contributed by atoms with E-state index in [1.807, 2.05) is 38.1 Å². The molecule has 19 heavy (non-hydrogen) atoms. The van der Waals surface area contributed by atoms with Crippen LogP contribution in [0.3, 0.4) is 0 Å². The SMILES string of the molecule is CCC[C@H](N)C(=O)N(C)Cc1ccc(OCC)cc1. The van der Waals surface area contributed by atoms with Crippen LogP contribution in [-0.4, -0.2) is 30.5 Å². The van der Waals surface area contributed by atoms with Crippen molar-refractivity contribution in [2.45, 2.75) is 39.3 Å². The first-order valence-corrected chi connectivity index (χ1v) is 6.80. The van der Waals surface area contributed by atoms with Gasteiger partial charge in [-0.05, 0) is 31.0 Å². The third kappa shape index (κ3) is 4.91. The number of benzene rings is 1. The molecule has 1 rings (SSSR count). The zero-order valence-corrected chi connectivity index (χ0v) is 12.1. The standard InChI is InChI=1S/C15H24N2O2/c1-4-6-14(16)15(18)17(3)11-12-7-9-13(10-8-12)19-5-2/h7-10,14H,4-6,11,16H2,1-3H3/t14-/m0/s1. The number of ether oxygens (including phenoxy) is 1. The fraction of sp³-hybridized carbons (Fsp3) is 0.533. The van der Waals surface area contributed by atoms with Gasteiger partial charge in [-0.2, -0.15) is 0 Å². The molecule has 0 aliphatic rings. The maximum absolute atomic E-state index is 12.0. The Kier molecular flexibility index (Phi) is 6.36. The lowest BCUT2D eigenvalue weighted by molar-refractivity contribution is -0.131.